The van der Waals surface area contributed by atoms with Crippen LogP contribution in [-0.2, 0) is 11.3 Å². The van der Waals surface area contributed by atoms with E-state index in [1.807, 2.05) is 16.8 Å². The molecule has 1 aliphatic heterocycles. The van der Waals surface area contributed by atoms with Gasteiger partial charge < -0.3 is 9.64 Å². The van der Waals surface area contributed by atoms with Gasteiger partial charge in [-0.15, -0.1) is 0 Å². The first-order valence-electron chi connectivity index (χ1n) is 9.80. The molecule has 142 valence electrons. The fraction of sp³-hybridized carbons (Fsp3) is 0.318. The molecule has 0 amide bonds. The Balaban J connectivity index is 1.73. The van der Waals surface area contributed by atoms with Crippen LogP contribution < -0.4 is 4.90 Å². The van der Waals surface area contributed by atoms with E-state index in [4.69, 9.17) is 14.7 Å². The molecule has 5 rings (SSSR count). The summed E-state index contributed by atoms with van der Waals surface area (Å²) >= 11 is 0. The number of nitrogens with zero attached hydrogens (tertiary/aromatic N) is 5. The Bertz CT molecular complexity index is 1160. The quantitative estimate of drug-likeness (QED) is 0.547. The van der Waals surface area contributed by atoms with E-state index in [9.17, 15) is 0 Å². The van der Waals surface area contributed by atoms with E-state index >= 15 is 0 Å². The van der Waals surface area contributed by atoms with Crippen LogP contribution in [0.25, 0.3) is 33.2 Å². The first-order valence-corrected chi connectivity index (χ1v) is 9.80. The molecule has 3 aromatic heterocycles. The molecule has 0 aliphatic carbocycles. The van der Waals surface area contributed by atoms with Gasteiger partial charge in [-0.3, -0.25) is 4.68 Å². The van der Waals surface area contributed by atoms with E-state index in [2.05, 4.69) is 54.3 Å². The molecular weight excluding hydrogens is 350 g/mol. The van der Waals surface area contributed by atoms with Gasteiger partial charge in [0.2, 0.25) is 0 Å². The summed E-state index contributed by atoms with van der Waals surface area (Å²) in [5.74, 6) is 0.975. The molecule has 0 N–H and O–H groups in total. The summed E-state index contributed by atoms with van der Waals surface area (Å²) in [6.07, 6.45) is 2.07. The highest BCUT2D eigenvalue weighted by molar-refractivity contribution is 5.91. The van der Waals surface area contributed by atoms with Crippen molar-refractivity contribution >= 4 is 27.8 Å². The van der Waals surface area contributed by atoms with Crippen LogP contribution in [0.15, 0.2) is 42.6 Å². The third kappa shape index (κ3) is 2.90. The number of ether oxygens (including phenoxy) is 1. The molecule has 1 aromatic carbocycles. The van der Waals surface area contributed by atoms with Crippen LogP contribution in [0.3, 0.4) is 0 Å². The smallest absolute Gasteiger partial charge is 0.181 e. The zero-order valence-corrected chi connectivity index (χ0v) is 16.2. The molecule has 4 aromatic rings. The van der Waals surface area contributed by atoms with Crippen LogP contribution in [0.4, 0.5) is 5.82 Å². The minimum Gasteiger partial charge on any atom is -0.378 e. The summed E-state index contributed by atoms with van der Waals surface area (Å²) in [6, 6.07) is 12.6. The second-order valence-corrected chi connectivity index (χ2v) is 7.20. The van der Waals surface area contributed by atoms with Gasteiger partial charge >= 0.3 is 0 Å². The number of hydrogen-bond donors (Lipinski definition) is 0. The van der Waals surface area contributed by atoms with Crippen molar-refractivity contribution in [1.82, 2.24) is 19.7 Å². The maximum Gasteiger partial charge on any atom is 0.181 e. The number of hydrogen-bond acceptors (Lipinski definition) is 5. The van der Waals surface area contributed by atoms with Gasteiger partial charge in [-0.1, -0.05) is 18.2 Å². The van der Waals surface area contributed by atoms with Gasteiger partial charge in [0.1, 0.15) is 5.82 Å². The van der Waals surface area contributed by atoms with E-state index in [0.717, 1.165) is 71.9 Å². The molecule has 1 aliphatic rings. The van der Waals surface area contributed by atoms with Crippen molar-refractivity contribution < 1.29 is 4.74 Å². The highest BCUT2D eigenvalue weighted by Gasteiger charge is 2.20. The first-order chi connectivity index (χ1) is 13.7. The lowest BCUT2D eigenvalue weighted by Crippen LogP contribution is -2.37. The van der Waals surface area contributed by atoms with Crippen molar-refractivity contribution in [3.05, 3.63) is 48.2 Å². The third-order valence-corrected chi connectivity index (χ3v) is 5.36. The number of aromatic nitrogens is 4. The average molecular weight is 373 g/mol. The van der Waals surface area contributed by atoms with Gasteiger partial charge in [0.25, 0.3) is 0 Å². The van der Waals surface area contributed by atoms with E-state index in [1.54, 1.807) is 0 Å². The Morgan fingerprint density at radius 2 is 1.89 bits per heavy atom. The van der Waals surface area contributed by atoms with Gasteiger partial charge in [0, 0.05) is 42.2 Å². The maximum atomic E-state index is 5.55. The van der Waals surface area contributed by atoms with Crippen LogP contribution >= 0.6 is 0 Å². The van der Waals surface area contributed by atoms with E-state index < -0.39 is 0 Å². The average Bonchev–Trinajstić information content (AvgIpc) is 3.17. The molecule has 0 spiro atoms. The Morgan fingerprint density at radius 1 is 1.07 bits per heavy atom. The lowest BCUT2D eigenvalue weighted by molar-refractivity contribution is 0.122. The molecule has 1 fully saturated rings. The molecular formula is C22H23N5O. The number of fused-ring (bicyclic) bond motifs is 2. The molecule has 6 heteroatoms. The molecule has 6 nitrogen and oxygen atoms in total. The second kappa shape index (κ2) is 6.87. The molecule has 0 unspecified atom stereocenters. The summed E-state index contributed by atoms with van der Waals surface area (Å²) in [6.45, 7) is 8.17. The molecule has 1 saturated heterocycles. The van der Waals surface area contributed by atoms with Gasteiger partial charge in [-0.05, 0) is 37.6 Å². The minimum atomic E-state index is 0.723. The summed E-state index contributed by atoms with van der Waals surface area (Å²) in [4.78, 5) is 12.2. The highest BCUT2D eigenvalue weighted by Crippen LogP contribution is 2.33. The normalized spacial score (nSPS) is 14.9. The standard InChI is InChI=1S/C22H23N5O/c1-3-27-14-18-15(2)12-20(23-21(18)25-27)17-13-16-6-4-5-7-19(16)24-22(17)26-8-10-28-11-9-26/h4-7,12-14H,3,8-11H2,1-2H3. The lowest BCUT2D eigenvalue weighted by Gasteiger charge is -2.29. The lowest BCUT2D eigenvalue weighted by atomic mass is 10.1. The summed E-state index contributed by atoms with van der Waals surface area (Å²) in [5, 5.41) is 6.86. The van der Waals surface area contributed by atoms with Crippen LogP contribution in [0, 0.1) is 6.92 Å². The van der Waals surface area contributed by atoms with Crippen molar-refractivity contribution in [2.45, 2.75) is 20.4 Å². The van der Waals surface area contributed by atoms with Gasteiger partial charge in [0.05, 0.1) is 24.4 Å². The Morgan fingerprint density at radius 3 is 2.71 bits per heavy atom. The van der Waals surface area contributed by atoms with Crippen LogP contribution in [0.5, 0.6) is 0 Å². The number of para-hydroxylation sites is 1. The minimum absolute atomic E-state index is 0.723. The third-order valence-electron chi connectivity index (χ3n) is 5.36. The zero-order chi connectivity index (χ0) is 19.1. The Kier molecular flexibility index (Phi) is 4.20. The predicted octanol–water partition coefficient (Wildman–Crippen LogP) is 3.81. The molecule has 0 radical (unpaired) electrons. The van der Waals surface area contributed by atoms with Gasteiger partial charge in [-0.25, -0.2) is 9.97 Å². The Hall–Kier alpha value is -2.99. The largest absolute Gasteiger partial charge is 0.378 e. The number of aryl methyl sites for hydroxylation is 2. The first kappa shape index (κ1) is 17.1. The van der Waals surface area contributed by atoms with E-state index in [0.29, 0.717) is 0 Å². The molecule has 28 heavy (non-hydrogen) atoms. The van der Waals surface area contributed by atoms with Crippen molar-refractivity contribution in [3.8, 4) is 11.3 Å². The SMILES string of the molecule is CCn1cc2c(C)cc(-c3cc4ccccc4nc3N3CCOCC3)nc2n1. The fourth-order valence-corrected chi connectivity index (χ4v) is 3.81. The number of morpholine rings is 1. The number of anilines is 1. The van der Waals surface area contributed by atoms with Crippen molar-refractivity contribution in [3.63, 3.8) is 0 Å². The van der Waals surface area contributed by atoms with Crippen LogP contribution in [0.2, 0.25) is 0 Å². The van der Waals surface area contributed by atoms with Crippen LogP contribution in [-0.4, -0.2) is 46.1 Å². The summed E-state index contributed by atoms with van der Waals surface area (Å²) in [5.41, 5.74) is 4.95. The fourth-order valence-electron chi connectivity index (χ4n) is 3.81. The van der Waals surface area contributed by atoms with Gasteiger partial charge in [-0.2, -0.15) is 5.10 Å². The molecule has 0 bridgehead atoms. The molecule has 0 saturated carbocycles. The topological polar surface area (TPSA) is 56.1 Å². The van der Waals surface area contributed by atoms with E-state index in [1.165, 1.54) is 5.56 Å². The van der Waals surface area contributed by atoms with Crippen molar-refractivity contribution in [2.24, 2.45) is 0 Å². The number of rotatable bonds is 3. The highest BCUT2D eigenvalue weighted by atomic mass is 16.5. The second-order valence-electron chi connectivity index (χ2n) is 7.20. The molecule has 0 atom stereocenters. The van der Waals surface area contributed by atoms with E-state index in [-0.39, 0.29) is 0 Å². The number of benzene rings is 1. The monoisotopic (exact) mass is 373 g/mol. The van der Waals surface area contributed by atoms with Crippen molar-refractivity contribution in [1.29, 1.82) is 0 Å². The van der Waals surface area contributed by atoms with Crippen LogP contribution in [0.1, 0.15) is 12.5 Å². The Labute approximate surface area is 163 Å². The predicted molar refractivity (Wildman–Crippen MR) is 112 cm³/mol. The number of pyridine rings is 2. The molecule has 4 heterocycles. The van der Waals surface area contributed by atoms with Crippen molar-refractivity contribution in [2.75, 3.05) is 31.2 Å². The van der Waals surface area contributed by atoms with Gasteiger partial charge in [0.15, 0.2) is 5.65 Å². The maximum absolute atomic E-state index is 5.55. The zero-order valence-electron chi connectivity index (χ0n) is 16.2. The summed E-state index contributed by atoms with van der Waals surface area (Å²) in [7, 11) is 0. The summed E-state index contributed by atoms with van der Waals surface area (Å²) < 4.78 is 7.49.